The van der Waals surface area contributed by atoms with Gasteiger partial charge in [0, 0.05) is 33.1 Å². The van der Waals surface area contributed by atoms with Crippen LogP contribution in [0.3, 0.4) is 0 Å². The fourth-order valence-electron chi connectivity index (χ4n) is 2.35. The lowest BCUT2D eigenvalue weighted by Crippen LogP contribution is -2.39. The highest BCUT2D eigenvalue weighted by Gasteiger charge is 2.31. The Morgan fingerprint density at radius 1 is 1.50 bits per heavy atom. The second-order valence-electron chi connectivity index (χ2n) is 4.69. The van der Waals surface area contributed by atoms with E-state index in [1.54, 1.807) is 11.3 Å². The summed E-state index contributed by atoms with van der Waals surface area (Å²) in [5.41, 5.74) is 5.99. The van der Waals surface area contributed by atoms with Crippen molar-refractivity contribution in [2.45, 2.75) is 44.1 Å². The van der Waals surface area contributed by atoms with Crippen LogP contribution in [0.2, 0.25) is 0 Å². The van der Waals surface area contributed by atoms with Gasteiger partial charge in [-0.15, -0.1) is 11.3 Å². The van der Waals surface area contributed by atoms with Crippen LogP contribution in [0, 0.1) is 0 Å². The van der Waals surface area contributed by atoms with Gasteiger partial charge in [-0.25, -0.2) is 0 Å². The van der Waals surface area contributed by atoms with Crippen LogP contribution >= 0.6 is 27.3 Å². The number of nitrogens with two attached hydrogens (primary N) is 1. The lowest BCUT2D eigenvalue weighted by Gasteiger charge is -2.22. The Hall–Kier alpha value is -0.190. The third-order valence-corrected chi connectivity index (χ3v) is 4.84. The molecule has 0 spiro atoms. The first-order valence-corrected chi connectivity index (χ1v) is 7.28. The number of halogens is 1. The van der Waals surface area contributed by atoms with E-state index in [0.29, 0.717) is 12.8 Å². The summed E-state index contributed by atoms with van der Waals surface area (Å²) in [7, 11) is 0. The van der Waals surface area contributed by atoms with Crippen LogP contribution in [0.5, 0.6) is 0 Å². The molecule has 0 aromatic carbocycles. The molecule has 0 amide bonds. The van der Waals surface area contributed by atoms with Crippen molar-refractivity contribution in [3.8, 4) is 0 Å². The first-order valence-electron chi connectivity index (χ1n) is 5.61. The van der Waals surface area contributed by atoms with Gasteiger partial charge < -0.3 is 5.73 Å². The molecule has 0 unspecified atom stereocenters. The first kappa shape index (κ1) is 12.3. The van der Waals surface area contributed by atoms with Crippen LogP contribution in [0.25, 0.3) is 0 Å². The van der Waals surface area contributed by atoms with E-state index in [0.717, 1.165) is 22.2 Å². The fraction of sp³-hybridized carbons (Fsp3) is 0.583. The zero-order valence-electron chi connectivity index (χ0n) is 9.17. The number of Topliss-reactive ketones (excluding diaryl/α,β-unsaturated/α-hetero) is 1. The minimum absolute atomic E-state index is 0.203. The molecule has 0 radical (unpaired) electrons. The fourth-order valence-corrected chi connectivity index (χ4v) is 3.83. The van der Waals surface area contributed by atoms with Gasteiger partial charge in [-0.2, -0.15) is 0 Å². The van der Waals surface area contributed by atoms with Crippen molar-refractivity contribution in [3.05, 3.63) is 20.8 Å². The molecule has 0 saturated heterocycles. The van der Waals surface area contributed by atoms with Gasteiger partial charge in [0.2, 0.25) is 0 Å². The van der Waals surface area contributed by atoms with Gasteiger partial charge in [0.1, 0.15) is 5.78 Å². The largest absolute Gasteiger partial charge is 0.325 e. The Kier molecular flexibility index (Phi) is 3.82. The summed E-state index contributed by atoms with van der Waals surface area (Å²) in [6, 6.07) is 2.01. The molecular weight excluding hydrogens is 286 g/mol. The minimum Gasteiger partial charge on any atom is -0.325 e. The number of thiophene rings is 1. The molecule has 1 fully saturated rings. The lowest BCUT2D eigenvalue weighted by molar-refractivity contribution is -0.119. The van der Waals surface area contributed by atoms with Crippen molar-refractivity contribution >= 4 is 33.0 Å². The molecule has 4 heteroatoms. The second-order valence-corrected chi connectivity index (χ2v) is 6.60. The average molecular weight is 302 g/mol. The molecule has 0 aliphatic heterocycles. The summed E-state index contributed by atoms with van der Waals surface area (Å²) in [5.74, 6) is 0.277. The molecule has 1 aliphatic rings. The summed E-state index contributed by atoms with van der Waals surface area (Å²) in [6.07, 6.45) is 5.44. The van der Waals surface area contributed by atoms with E-state index >= 15 is 0 Å². The lowest BCUT2D eigenvalue weighted by atomic mass is 9.91. The van der Waals surface area contributed by atoms with Crippen molar-refractivity contribution < 1.29 is 4.79 Å². The molecule has 1 aromatic heterocycles. The predicted molar refractivity (Wildman–Crippen MR) is 70.7 cm³/mol. The predicted octanol–water partition coefficient (Wildman–Crippen LogP) is 3.28. The minimum atomic E-state index is -0.203. The average Bonchev–Trinajstić information content (AvgIpc) is 2.75. The SMILES string of the molecule is NC1(CC(=O)Cc2cc(Br)cs2)CCCC1. The molecule has 0 atom stereocenters. The number of ketones is 1. The van der Waals surface area contributed by atoms with Gasteiger partial charge in [0.05, 0.1) is 0 Å². The Labute approximate surface area is 108 Å². The van der Waals surface area contributed by atoms with E-state index < -0.39 is 0 Å². The van der Waals surface area contributed by atoms with E-state index in [4.69, 9.17) is 5.73 Å². The van der Waals surface area contributed by atoms with Gasteiger partial charge in [-0.05, 0) is 34.8 Å². The third-order valence-electron chi connectivity index (χ3n) is 3.14. The molecule has 1 saturated carbocycles. The molecule has 1 heterocycles. The third kappa shape index (κ3) is 3.15. The Morgan fingerprint density at radius 2 is 2.19 bits per heavy atom. The second kappa shape index (κ2) is 4.98. The molecule has 1 aromatic rings. The molecular formula is C12H16BrNOS. The number of rotatable bonds is 4. The highest BCUT2D eigenvalue weighted by atomic mass is 79.9. The van der Waals surface area contributed by atoms with Crippen LogP contribution in [-0.4, -0.2) is 11.3 Å². The molecule has 2 nitrogen and oxygen atoms in total. The first-order chi connectivity index (χ1) is 7.57. The molecule has 2 N–H and O–H groups in total. The number of hydrogen-bond acceptors (Lipinski definition) is 3. The van der Waals surface area contributed by atoms with Crippen LogP contribution in [0.1, 0.15) is 37.0 Å². The topological polar surface area (TPSA) is 43.1 Å². The maximum Gasteiger partial charge on any atom is 0.139 e. The highest BCUT2D eigenvalue weighted by Crippen LogP contribution is 2.31. The van der Waals surface area contributed by atoms with Crippen molar-refractivity contribution in [2.75, 3.05) is 0 Å². The van der Waals surface area contributed by atoms with E-state index in [1.807, 2.05) is 11.4 Å². The van der Waals surface area contributed by atoms with Crippen molar-refractivity contribution in [2.24, 2.45) is 5.73 Å². The van der Waals surface area contributed by atoms with E-state index in [-0.39, 0.29) is 11.3 Å². The van der Waals surface area contributed by atoms with Gasteiger partial charge in [-0.1, -0.05) is 12.8 Å². The van der Waals surface area contributed by atoms with E-state index in [1.165, 1.54) is 12.8 Å². The number of hydrogen-bond donors (Lipinski definition) is 1. The summed E-state index contributed by atoms with van der Waals surface area (Å²) in [5, 5.41) is 2.01. The van der Waals surface area contributed by atoms with Gasteiger partial charge in [0.15, 0.2) is 0 Å². The summed E-state index contributed by atoms with van der Waals surface area (Å²) >= 11 is 5.02. The molecule has 1 aliphatic carbocycles. The summed E-state index contributed by atoms with van der Waals surface area (Å²) in [6.45, 7) is 0. The van der Waals surface area contributed by atoms with Crippen LogP contribution < -0.4 is 5.73 Å². The Morgan fingerprint density at radius 3 is 2.75 bits per heavy atom. The molecule has 2 rings (SSSR count). The standard InChI is InChI=1S/C12H16BrNOS/c13-9-5-11(16-8-9)6-10(15)7-12(14)3-1-2-4-12/h5,8H,1-4,6-7,14H2. The molecule has 0 bridgehead atoms. The van der Waals surface area contributed by atoms with Crippen molar-refractivity contribution in [1.82, 2.24) is 0 Å². The highest BCUT2D eigenvalue weighted by molar-refractivity contribution is 9.10. The van der Waals surface area contributed by atoms with Gasteiger partial charge in [-0.3, -0.25) is 4.79 Å². The van der Waals surface area contributed by atoms with E-state index in [9.17, 15) is 4.79 Å². The monoisotopic (exact) mass is 301 g/mol. The van der Waals surface area contributed by atoms with Gasteiger partial charge >= 0.3 is 0 Å². The normalized spacial score (nSPS) is 18.9. The summed E-state index contributed by atoms with van der Waals surface area (Å²) < 4.78 is 1.06. The van der Waals surface area contributed by atoms with E-state index in [2.05, 4.69) is 15.9 Å². The summed E-state index contributed by atoms with van der Waals surface area (Å²) in [4.78, 5) is 13.0. The maximum atomic E-state index is 11.9. The van der Waals surface area contributed by atoms with Crippen molar-refractivity contribution in [1.29, 1.82) is 0 Å². The quantitative estimate of drug-likeness (QED) is 0.927. The zero-order valence-corrected chi connectivity index (χ0v) is 11.6. The zero-order chi connectivity index (χ0) is 11.6. The van der Waals surface area contributed by atoms with Gasteiger partial charge in [0.25, 0.3) is 0 Å². The van der Waals surface area contributed by atoms with Crippen LogP contribution in [0.15, 0.2) is 15.9 Å². The number of carbonyl (C=O) groups is 1. The molecule has 88 valence electrons. The number of carbonyl (C=O) groups excluding carboxylic acids is 1. The van der Waals surface area contributed by atoms with Crippen LogP contribution in [0.4, 0.5) is 0 Å². The Balaban J connectivity index is 1.89. The smallest absolute Gasteiger partial charge is 0.139 e. The Bertz CT molecular complexity index is 382. The molecule has 16 heavy (non-hydrogen) atoms. The maximum absolute atomic E-state index is 11.9. The van der Waals surface area contributed by atoms with Crippen LogP contribution in [-0.2, 0) is 11.2 Å². The van der Waals surface area contributed by atoms with Crippen molar-refractivity contribution in [3.63, 3.8) is 0 Å².